The molecule has 0 aliphatic rings. The van der Waals surface area contributed by atoms with Crippen LogP contribution >= 0.6 is 35.0 Å². The number of methoxy groups -OCH3 is 2. The maximum atomic E-state index is 12.8. The maximum Gasteiger partial charge on any atom is 0.234 e. The van der Waals surface area contributed by atoms with E-state index in [0.717, 1.165) is 5.56 Å². The third-order valence-corrected chi connectivity index (χ3v) is 6.98. The van der Waals surface area contributed by atoms with Gasteiger partial charge < -0.3 is 14.8 Å². The Hall–Kier alpha value is -3.70. The zero-order valence-corrected chi connectivity index (χ0v) is 22.2. The number of carbonyl (C=O) groups is 1. The van der Waals surface area contributed by atoms with Gasteiger partial charge in [0, 0.05) is 32.8 Å². The number of anilines is 1. The summed E-state index contributed by atoms with van der Waals surface area (Å²) in [5, 5.41) is 14.4. The van der Waals surface area contributed by atoms with Crippen molar-refractivity contribution in [3.05, 3.63) is 88.4 Å². The SMILES string of the molecule is COc1ccc(NC(=O)CSc2nc(-c3ccc(Cl)cc3)cc(-c3ccccc3Cl)c2C#N)c(OC)c1. The lowest BCUT2D eigenvalue weighted by Gasteiger charge is -2.14. The van der Waals surface area contributed by atoms with Crippen LogP contribution < -0.4 is 14.8 Å². The van der Waals surface area contributed by atoms with Gasteiger partial charge in [-0.05, 0) is 36.4 Å². The quantitative estimate of drug-likeness (QED) is 0.231. The first-order valence-electron chi connectivity index (χ1n) is 11.0. The van der Waals surface area contributed by atoms with Gasteiger partial charge in [0.25, 0.3) is 0 Å². The molecule has 37 heavy (non-hydrogen) atoms. The van der Waals surface area contributed by atoms with E-state index in [1.807, 2.05) is 36.4 Å². The molecule has 0 spiro atoms. The van der Waals surface area contributed by atoms with Gasteiger partial charge in [-0.25, -0.2) is 4.98 Å². The number of hydrogen-bond donors (Lipinski definition) is 1. The van der Waals surface area contributed by atoms with Crippen molar-refractivity contribution in [3.63, 3.8) is 0 Å². The Kier molecular flexibility index (Phi) is 8.57. The van der Waals surface area contributed by atoms with Crippen LogP contribution in [0.4, 0.5) is 5.69 Å². The highest BCUT2D eigenvalue weighted by Gasteiger charge is 2.19. The molecule has 186 valence electrons. The maximum absolute atomic E-state index is 12.8. The lowest BCUT2D eigenvalue weighted by atomic mass is 9.99. The molecule has 4 aromatic rings. The molecule has 0 radical (unpaired) electrons. The van der Waals surface area contributed by atoms with Crippen molar-refractivity contribution in [3.8, 4) is 40.0 Å². The second-order valence-corrected chi connectivity index (χ2v) is 9.54. The van der Waals surface area contributed by atoms with Crippen molar-refractivity contribution < 1.29 is 14.3 Å². The standard InChI is InChI=1S/C28H21Cl2N3O3S/c1-35-19-11-12-24(26(13-19)36-2)32-27(34)16-37-28-22(15-31)21(20-5-3-4-6-23(20)30)14-25(33-28)17-7-9-18(29)10-8-17/h3-14H,16H2,1-2H3,(H,32,34). The number of nitrogens with one attached hydrogen (secondary N) is 1. The molecule has 0 unspecified atom stereocenters. The molecular weight excluding hydrogens is 529 g/mol. The fourth-order valence-corrected chi connectivity index (χ4v) is 4.78. The molecule has 1 N–H and O–H groups in total. The molecule has 1 heterocycles. The summed E-state index contributed by atoms with van der Waals surface area (Å²) in [5.74, 6) is 0.816. The molecule has 0 aliphatic carbocycles. The highest BCUT2D eigenvalue weighted by atomic mass is 35.5. The minimum absolute atomic E-state index is 0.0168. The molecule has 9 heteroatoms. The molecule has 1 aromatic heterocycles. The largest absolute Gasteiger partial charge is 0.497 e. The predicted molar refractivity (Wildman–Crippen MR) is 149 cm³/mol. The van der Waals surface area contributed by atoms with Gasteiger partial charge in [-0.2, -0.15) is 5.26 Å². The van der Waals surface area contributed by atoms with E-state index in [1.165, 1.54) is 18.9 Å². The van der Waals surface area contributed by atoms with Crippen molar-refractivity contribution in [2.24, 2.45) is 0 Å². The summed E-state index contributed by atoms with van der Waals surface area (Å²) in [5.41, 5.74) is 3.63. The molecule has 4 rings (SSSR count). The molecule has 3 aromatic carbocycles. The number of pyridine rings is 1. The molecular formula is C28H21Cl2N3O3S. The van der Waals surface area contributed by atoms with Crippen LogP contribution in [-0.4, -0.2) is 30.9 Å². The minimum atomic E-state index is -0.282. The number of carbonyl (C=O) groups excluding carboxylic acids is 1. The smallest absolute Gasteiger partial charge is 0.234 e. The van der Waals surface area contributed by atoms with E-state index in [0.29, 0.717) is 54.6 Å². The monoisotopic (exact) mass is 549 g/mol. The minimum Gasteiger partial charge on any atom is -0.497 e. The molecule has 0 bridgehead atoms. The van der Waals surface area contributed by atoms with Crippen molar-refractivity contribution in [2.75, 3.05) is 25.3 Å². The van der Waals surface area contributed by atoms with E-state index >= 15 is 0 Å². The van der Waals surface area contributed by atoms with Crippen LogP contribution in [0, 0.1) is 11.3 Å². The van der Waals surface area contributed by atoms with E-state index in [4.69, 9.17) is 37.7 Å². The molecule has 1 amide bonds. The van der Waals surface area contributed by atoms with Gasteiger partial charge in [0.1, 0.15) is 22.6 Å². The summed E-state index contributed by atoms with van der Waals surface area (Å²) in [7, 11) is 3.07. The van der Waals surface area contributed by atoms with Gasteiger partial charge in [0.15, 0.2) is 0 Å². The molecule has 0 saturated heterocycles. The van der Waals surface area contributed by atoms with Crippen LogP contribution in [0.25, 0.3) is 22.4 Å². The Labute approximate surface area is 229 Å². The highest BCUT2D eigenvalue weighted by Crippen LogP contribution is 2.37. The Balaban J connectivity index is 1.68. The third kappa shape index (κ3) is 6.17. The number of rotatable bonds is 8. The predicted octanol–water partition coefficient (Wildman–Crippen LogP) is 7.34. The highest BCUT2D eigenvalue weighted by molar-refractivity contribution is 8.00. The third-order valence-electron chi connectivity index (χ3n) is 5.42. The lowest BCUT2D eigenvalue weighted by Crippen LogP contribution is -2.15. The summed E-state index contributed by atoms with van der Waals surface area (Å²) in [6.45, 7) is 0. The fourth-order valence-electron chi connectivity index (χ4n) is 3.62. The first-order chi connectivity index (χ1) is 17.9. The van der Waals surface area contributed by atoms with Crippen LogP contribution in [0.3, 0.4) is 0 Å². The molecule has 0 fully saturated rings. The molecule has 0 atom stereocenters. The summed E-state index contributed by atoms with van der Waals surface area (Å²) in [6, 6.07) is 23.7. The topological polar surface area (TPSA) is 84.2 Å². The first-order valence-corrected chi connectivity index (χ1v) is 12.8. The van der Waals surface area contributed by atoms with Crippen LogP contribution in [0.15, 0.2) is 77.8 Å². The summed E-state index contributed by atoms with van der Waals surface area (Å²) in [6.07, 6.45) is 0. The fraction of sp³-hybridized carbons (Fsp3) is 0.107. The van der Waals surface area contributed by atoms with Gasteiger partial charge in [-0.15, -0.1) is 0 Å². The molecule has 6 nitrogen and oxygen atoms in total. The Morgan fingerprint density at radius 3 is 2.43 bits per heavy atom. The number of nitrogens with zero attached hydrogens (tertiary/aromatic N) is 2. The van der Waals surface area contributed by atoms with Gasteiger partial charge in [0.05, 0.1) is 36.9 Å². The Morgan fingerprint density at radius 1 is 1.00 bits per heavy atom. The van der Waals surface area contributed by atoms with Crippen molar-refractivity contribution in [1.29, 1.82) is 5.26 Å². The van der Waals surface area contributed by atoms with Crippen LogP contribution in [0.1, 0.15) is 5.56 Å². The second-order valence-electron chi connectivity index (χ2n) is 7.74. The number of thioether (sulfide) groups is 1. The summed E-state index contributed by atoms with van der Waals surface area (Å²) in [4.78, 5) is 17.6. The average molecular weight is 550 g/mol. The number of amides is 1. The first kappa shape index (κ1) is 26.4. The van der Waals surface area contributed by atoms with Crippen molar-refractivity contribution >= 4 is 46.6 Å². The van der Waals surface area contributed by atoms with Gasteiger partial charge in [-0.1, -0.05) is 65.3 Å². The van der Waals surface area contributed by atoms with Gasteiger partial charge in [0.2, 0.25) is 5.91 Å². The number of halogens is 2. The number of aromatic nitrogens is 1. The lowest BCUT2D eigenvalue weighted by molar-refractivity contribution is -0.113. The van der Waals surface area contributed by atoms with E-state index in [1.54, 1.807) is 43.5 Å². The second kappa shape index (κ2) is 12.0. The van der Waals surface area contributed by atoms with Crippen LogP contribution in [0.5, 0.6) is 11.5 Å². The summed E-state index contributed by atoms with van der Waals surface area (Å²) >= 11 is 13.7. The van der Waals surface area contributed by atoms with Gasteiger partial charge >= 0.3 is 0 Å². The number of hydrogen-bond acceptors (Lipinski definition) is 6. The number of ether oxygens (including phenoxy) is 2. The molecule has 0 saturated carbocycles. The zero-order chi connectivity index (χ0) is 26.4. The van der Waals surface area contributed by atoms with Crippen molar-refractivity contribution in [1.82, 2.24) is 4.98 Å². The summed E-state index contributed by atoms with van der Waals surface area (Å²) < 4.78 is 10.6. The average Bonchev–Trinajstić information content (AvgIpc) is 2.92. The van der Waals surface area contributed by atoms with E-state index in [-0.39, 0.29) is 11.7 Å². The Bertz CT molecular complexity index is 1490. The number of benzene rings is 3. The van der Waals surface area contributed by atoms with Crippen molar-refractivity contribution in [2.45, 2.75) is 5.03 Å². The van der Waals surface area contributed by atoms with Gasteiger partial charge in [-0.3, -0.25) is 4.79 Å². The van der Waals surface area contributed by atoms with Crippen LogP contribution in [0.2, 0.25) is 10.0 Å². The normalized spacial score (nSPS) is 10.5. The van der Waals surface area contributed by atoms with E-state index in [9.17, 15) is 10.1 Å². The molecule has 0 aliphatic heterocycles. The number of nitriles is 1. The van der Waals surface area contributed by atoms with Crippen LogP contribution in [-0.2, 0) is 4.79 Å². The van der Waals surface area contributed by atoms with E-state index < -0.39 is 0 Å². The van der Waals surface area contributed by atoms with E-state index in [2.05, 4.69) is 11.4 Å². The zero-order valence-electron chi connectivity index (χ0n) is 19.9. The Morgan fingerprint density at radius 2 is 1.76 bits per heavy atom.